The minimum Gasteiger partial charge on any atom is -0.497 e. The van der Waals surface area contributed by atoms with Gasteiger partial charge in [0.1, 0.15) is 11.4 Å². The summed E-state index contributed by atoms with van der Waals surface area (Å²) in [5, 5.41) is 8.95. The Kier molecular flexibility index (Phi) is 3.89. The summed E-state index contributed by atoms with van der Waals surface area (Å²) in [5.74, 6) is -0.449. The highest BCUT2D eigenvalue weighted by molar-refractivity contribution is 6.01. The lowest BCUT2D eigenvalue weighted by atomic mass is 10.0. The molecule has 2 N–H and O–H groups in total. The number of H-pyrrole nitrogens is 1. The molecule has 1 aromatic carbocycles. The van der Waals surface area contributed by atoms with Crippen LogP contribution >= 0.6 is 0 Å². The minimum atomic E-state index is -1.06. The SMILES string of the molecule is COc1ccc(CC(=O)c2c[nH]c(C(=O)O)c2C)cc1. The van der Waals surface area contributed by atoms with E-state index < -0.39 is 5.97 Å². The first kappa shape index (κ1) is 13.9. The molecule has 2 aromatic rings. The molecule has 0 fully saturated rings. The summed E-state index contributed by atoms with van der Waals surface area (Å²) in [4.78, 5) is 25.7. The number of nitrogens with one attached hydrogen (secondary N) is 1. The van der Waals surface area contributed by atoms with Crippen LogP contribution in [0.25, 0.3) is 0 Å². The molecule has 20 heavy (non-hydrogen) atoms. The van der Waals surface area contributed by atoms with E-state index in [2.05, 4.69) is 4.98 Å². The van der Waals surface area contributed by atoms with Gasteiger partial charge in [-0.1, -0.05) is 12.1 Å². The number of methoxy groups -OCH3 is 1. The van der Waals surface area contributed by atoms with Gasteiger partial charge >= 0.3 is 5.97 Å². The first-order chi connectivity index (χ1) is 9.52. The Bertz CT molecular complexity index is 640. The standard InChI is InChI=1S/C15H15NO4/c1-9-12(8-16-14(9)15(18)19)13(17)7-10-3-5-11(20-2)6-4-10/h3-6,8,16H,7H2,1-2H3,(H,18,19). The number of carboxylic acids is 1. The molecular formula is C15H15NO4. The zero-order chi connectivity index (χ0) is 14.7. The van der Waals surface area contributed by atoms with Crippen molar-refractivity contribution in [3.8, 4) is 5.75 Å². The van der Waals surface area contributed by atoms with Gasteiger partial charge in [0.15, 0.2) is 5.78 Å². The van der Waals surface area contributed by atoms with E-state index in [-0.39, 0.29) is 17.9 Å². The molecule has 0 amide bonds. The number of carbonyl (C=O) groups excluding carboxylic acids is 1. The summed E-state index contributed by atoms with van der Waals surface area (Å²) in [5.41, 5.74) is 1.80. The highest BCUT2D eigenvalue weighted by atomic mass is 16.5. The molecule has 0 radical (unpaired) electrons. The van der Waals surface area contributed by atoms with Gasteiger partial charge in [-0.05, 0) is 30.2 Å². The molecule has 0 bridgehead atoms. The molecule has 0 atom stereocenters. The summed E-state index contributed by atoms with van der Waals surface area (Å²) < 4.78 is 5.05. The van der Waals surface area contributed by atoms with E-state index in [1.165, 1.54) is 6.20 Å². The third-order valence-corrected chi connectivity index (χ3v) is 3.18. The highest BCUT2D eigenvalue weighted by Crippen LogP contribution is 2.17. The zero-order valence-electron chi connectivity index (χ0n) is 11.3. The molecule has 0 unspecified atom stereocenters. The Balaban J connectivity index is 2.17. The second-order valence-corrected chi connectivity index (χ2v) is 4.46. The molecule has 2 rings (SSSR count). The maximum Gasteiger partial charge on any atom is 0.352 e. The van der Waals surface area contributed by atoms with Crippen molar-refractivity contribution in [3.63, 3.8) is 0 Å². The fraction of sp³-hybridized carbons (Fsp3) is 0.200. The predicted octanol–water partition coefficient (Wildman–Crippen LogP) is 2.46. The summed E-state index contributed by atoms with van der Waals surface area (Å²) in [6.07, 6.45) is 1.67. The Labute approximate surface area is 116 Å². The third kappa shape index (κ3) is 2.71. The Morgan fingerprint density at radius 3 is 2.40 bits per heavy atom. The van der Waals surface area contributed by atoms with E-state index in [9.17, 15) is 9.59 Å². The summed E-state index contributed by atoms with van der Waals surface area (Å²) in [6, 6.07) is 7.21. The number of hydrogen-bond donors (Lipinski definition) is 2. The van der Waals surface area contributed by atoms with Crippen molar-refractivity contribution in [3.05, 3.63) is 52.8 Å². The molecule has 104 valence electrons. The number of carboxylic acid groups (broad SMARTS) is 1. The maximum absolute atomic E-state index is 12.2. The van der Waals surface area contributed by atoms with Crippen LogP contribution in [0.5, 0.6) is 5.75 Å². The van der Waals surface area contributed by atoms with Crippen LogP contribution in [0.1, 0.15) is 32.0 Å². The molecule has 0 aliphatic carbocycles. The monoisotopic (exact) mass is 273 g/mol. The lowest BCUT2D eigenvalue weighted by molar-refractivity contribution is 0.0690. The number of aromatic amines is 1. The third-order valence-electron chi connectivity index (χ3n) is 3.18. The normalized spacial score (nSPS) is 10.3. The minimum absolute atomic E-state index is 0.0584. The van der Waals surface area contributed by atoms with Crippen LogP contribution in [0.15, 0.2) is 30.5 Å². The topological polar surface area (TPSA) is 79.4 Å². The Morgan fingerprint density at radius 1 is 1.25 bits per heavy atom. The average molecular weight is 273 g/mol. The fourth-order valence-corrected chi connectivity index (χ4v) is 2.03. The van der Waals surface area contributed by atoms with Crippen LogP contribution in [0.4, 0.5) is 0 Å². The second-order valence-electron chi connectivity index (χ2n) is 4.46. The zero-order valence-corrected chi connectivity index (χ0v) is 11.3. The molecule has 0 saturated heterocycles. The molecule has 1 aromatic heterocycles. The highest BCUT2D eigenvalue weighted by Gasteiger charge is 2.18. The molecule has 5 nitrogen and oxygen atoms in total. The summed E-state index contributed by atoms with van der Waals surface area (Å²) >= 11 is 0. The largest absolute Gasteiger partial charge is 0.497 e. The van der Waals surface area contributed by atoms with Crippen LogP contribution in [0.3, 0.4) is 0 Å². The smallest absolute Gasteiger partial charge is 0.352 e. The first-order valence-corrected chi connectivity index (χ1v) is 6.10. The molecule has 5 heteroatoms. The van der Waals surface area contributed by atoms with Crippen molar-refractivity contribution in [1.29, 1.82) is 0 Å². The van der Waals surface area contributed by atoms with Gasteiger partial charge in [-0.2, -0.15) is 0 Å². The van der Waals surface area contributed by atoms with E-state index in [1.54, 1.807) is 26.2 Å². The van der Waals surface area contributed by atoms with Crippen molar-refractivity contribution in [2.75, 3.05) is 7.11 Å². The van der Waals surface area contributed by atoms with Gasteiger partial charge in [-0.25, -0.2) is 4.79 Å². The summed E-state index contributed by atoms with van der Waals surface area (Å²) in [7, 11) is 1.58. The molecular weight excluding hydrogens is 258 g/mol. The molecule has 0 aliphatic heterocycles. The van der Waals surface area contributed by atoms with Crippen LogP contribution in [-0.2, 0) is 6.42 Å². The number of carbonyl (C=O) groups is 2. The van der Waals surface area contributed by atoms with E-state index in [4.69, 9.17) is 9.84 Å². The van der Waals surface area contributed by atoms with Gasteiger partial charge in [0.25, 0.3) is 0 Å². The second kappa shape index (κ2) is 5.61. The van der Waals surface area contributed by atoms with Crippen LogP contribution in [0, 0.1) is 6.92 Å². The quantitative estimate of drug-likeness (QED) is 0.820. The van der Waals surface area contributed by atoms with Crippen molar-refractivity contribution in [2.24, 2.45) is 0 Å². The van der Waals surface area contributed by atoms with Crippen molar-refractivity contribution in [1.82, 2.24) is 4.98 Å². The molecule has 1 heterocycles. The van der Waals surface area contributed by atoms with E-state index in [0.717, 1.165) is 11.3 Å². The van der Waals surface area contributed by atoms with Crippen molar-refractivity contribution >= 4 is 11.8 Å². The van der Waals surface area contributed by atoms with E-state index >= 15 is 0 Å². The number of aromatic nitrogens is 1. The van der Waals surface area contributed by atoms with Crippen LogP contribution < -0.4 is 4.74 Å². The van der Waals surface area contributed by atoms with E-state index in [0.29, 0.717) is 11.1 Å². The number of hydrogen-bond acceptors (Lipinski definition) is 3. The number of aromatic carboxylic acids is 1. The summed E-state index contributed by atoms with van der Waals surface area (Å²) in [6.45, 7) is 1.63. The van der Waals surface area contributed by atoms with Crippen LogP contribution in [-0.4, -0.2) is 29.0 Å². The lowest BCUT2D eigenvalue weighted by Crippen LogP contribution is -2.05. The molecule has 0 spiro atoms. The molecule has 0 saturated carbocycles. The van der Waals surface area contributed by atoms with Gasteiger partial charge in [0, 0.05) is 18.2 Å². The Morgan fingerprint density at radius 2 is 1.90 bits per heavy atom. The lowest BCUT2D eigenvalue weighted by Gasteiger charge is -2.03. The molecule has 0 aliphatic rings. The number of ketones is 1. The number of rotatable bonds is 5. The van der Waals surface area contributed by atoms with E-state index in [1.807, 2.05) is 12.1 Å². The van der Waals surface area contributed by atoms with Gasteiger partial charge in [-0.3, -0.25) is 4.79 Å². The van der Waals surface area contributed by atoms with Gasteiger partial charge < -0.3 is 14.8 Å². The van der Waals surface area contributed by atoms with Crippen molar-refractivity contribution in [2.45, 2.75) is 13.3 Å². The maximum atomic E-state index is 12.2. The van der Waals surface area contributed by atoms with Gasteiger partial charge in [-0.15, -0.1) is 0 Å². The average Bonchev–Trinajstić information content (AvgIpc) is 2.81. The van der Waals surface area contributed by atoms with Crippen molar-refractivity contribution < 1.29 is 19.4 Å². The number of ether oxygens (including phenoxy) is 1. The number of Topliss-reactive ketones (excluding diaryl/α,β-unsaturated/α-hetero) is 1. The number of benzene rings is 1. The Hall–Kier alpha value is -2.56. The van der Waals surface area contributed by atoms with Gasteiger partial charge in [0.05, 0.1) is 7.11 Å². The van der Waals surface area contributed by atoms with Gasteiger partial charge in [0.2, 0.25) is 0 Å². The fourth-order valence-electron chi connectivity index (χ4n) is 2.03. The first-order valence-electron chi connectivity index (χ1n) is 6.10. The predicted molar refractivity (Wildman–Crippen MR) is 73.5 cm³/mol. The van der Waals surface area contributed by atoms with Crippen LogP contribution in [0.2, 0.25) is 0 Å².